The molecular weight excluding hydrogens is 731 g/mol. The third-order valence-electron chi connectivity index (χ3n) is 9.18. The average molecular weight is 768 g/mol. The third-order valence-corrected chi connectivity index (χ3v) is 10.3. The van der Waals surface area contributed by atoms with Crippen LogP contribution in [0.1, 0.15) is 43.2 Å². The summed E-state index contributed by atoms with van der Waals surface area (Å²) in [6.07, 6.45) is 0. The smallest absolute Gasteiger partial charge is 0.346 e. The fraction of sp³-hybridized carbons (Fsp3) is 0.0833. The largest absolute Gasteiger partial charge is 0.487 e. The number of nitrogens with zero attached hydrogens (tertiary/aromatic N) is 2. The molecule has 0 fully saturated rings. The molecule has 9 heteroatoms. The van der Waals surface area contributed by atoms with Crippen LogP contribution >= 0.6 is 11.8 Å². The van der Waals surface area contributed by atoms with Crippen LogP contribution in [0.3, 0.4) is 0 Å². The fourth-order valence-corrected chi connectivity index (χ4v) is 6.99. The molecule has 2 aromatic heterocycles. The van der Waals surface area contributed by atoms with Gasteiger partial charge in [-0.1, -0.05) is 72.8 Å². The highest BCUT2D eigenvalue weighted by molar-refractivity contribution is 7.98. The summed E-state index contributed by atoms with van der Waals surface area (Å²) in [4.78, 5) is 36.0. The summed E-state index contributed by atoms with van der Waals surface area (Å²) >= 11 is 1.63. The zero-order valence-electron chi connectivity index (χ0n) is 30.8. The van der Waals surface area contributed by atoms with Gasteiger partial charge in [0.2, 0.25) is 0 Å². The van der Waals surface area contributed by atoms with Gasteiger partial charge in [-0.3, -0.25) is 0 Å². The Morgan fingerprint density at radius 3 is 1.65 bits per heavy atom. The van der Waals surface area contributed by atoms with Crippen molar-refractivity contribution in [3.63, 3.8) is 0 Å². The topological polar surface area (TPSA) is 99.6 Å². The maximum atomic E-state index is 12.8. The average Bonchev–Trinajstić information content (AvgIpc) is 3.26. The van der Waals surface area contributed by atoms with Gasteiger partial charge in [0.15, 0.2) is 0 Å². The van der Waals surface area contributed by atoms with Crippen LogP contribution in [0.5, 0.6) is 11.5 Å². The molecule has 280 valence electrons. The van der Waals surface area contributed by atoms with Crippen molar-refractivity contribution < 1.29 is 23.8 Å². The van der Waals surface area contributed by atoms with E-state index in [0.717, 1.165) is 66.4 Å². The van der Waals surface area contributed by atoms with Gasteiger partial charge in [-0.25, -0.2) is 19.6 Å². The van der Waals surface area contributed by atoms with Crippen LogP contribution in [0, 0.1) is 0 Å². The lowest BCUT2D eigenvalue weighted by molar-refractivity contribution is 0.0397. The molecule has 8 aromatic rings. The number of carbonyl (C=O) groups is 2. The van der Waals surface area contributed by atoms with E-state index in [1.165, 1.54) is 0 Å². The Morgan fingerprint density at radius 1 is 0.526 bits per heavy atom. The van der Waals surface area contributed by atoms with Crippen molar-refractivity contribution in [1.82, 2.24) is 9.97 Å². The third kappa shape index (κ3) is 9.83. The van der Waals surface area contributed by atoms with Gasteiger partial charge in [-0.2, -0.15) is 0 Å². The number of benzene rings is 6. The van der Waals surface area contributed by atoms with Crippen molar-refractivity contribution in [3.05, 3.63) is 203 Å². The summed E-state index contributed by atoms with van der Waals surface area (Å²) in [5.74, 6) is 0.816. The van der Waals surface area contributed by atoms with Crippen LogP contribution in [0.25, 0.3) is 21.8 Å². The normalized spacial score (nSPS) is 10.9. The lowest BCUT2D eigenvalue weighted by atomic mass is 10.2. The quantitative estimate of drug-likeness (QED) is 0.0658. The summed E-state index contributed by atoms with van der Waals surface area (Å²) in [5.41, 5.74) is 7.13. The second kappa shape index (κ2) is 17.7. The molecule has 0 spiro atoms. The lowest BCUT2D eigenvalue weighted by Gasteiger charge is -2.10. The first kappa shape index (κ1) is 37.0. The number of hydrogen-bond donors (Lipinski definition) is 1. The number of aromatic nitrogens is 2. The van der Waals surface area contributed by atoms with Gasteiger partial charge < -0.3 is 19.5 Å². The van der Waals surface area contributed by atoms with Crippen LogP contribution in [0.15, 0.2) is 175 Å². The van der Waals surface area contributed by atoms with Crippen molar-refractivity contribution >= 4 is 51.2 Å². The van der Waals surface area contributed by atoms with E-state index in [1.54, 1.807) is 48.2 Å². The van der Waals surface area contributed by atoms with Gasteiger partial charge in [0.25, 0.3) is 0 Å². The molecule has 8 rings (SSSR count). The standard InChI is InChI=1S/C48H37N3O5S/c52-47(37-17-21-39(22-18-37)49-29-33-7-5-11-42(27-33)54-30-40-23-15-35-9-1-3-13-45(35)50-40)56-48(53)38-19-25-44(26-20-38)57-32-34-8-6-12-43(28-34)55-31-41-24-16-36-10-2-4-14-46(36)51-41/h1-28,49H,29-32H2. The molecule has 0 amide bonds. The van der Waals surface area contributed by atoms with E-state index in [9.17, 15) is 9.59 Å². The molecule has 1 N–H and O–H groups in total. The Bertz CT molecular complexity index is 2480. The van der Waals surface area contributed by atoms with Gasteiger partial charge in [-0.05, 0) is 108 Å². The molecule has 0 bridgehead atoms. The summed E-state index contributed by atoms with van der Waals surface area (Å²) in [6.45, 7) is 1.29. The van der Waals surface area contributed by atoms with E-state index >= 15 is 0 Å². The molecule has 2 heterocycles. The zero-order valence-corrected chi connectivity index (χ0v) is 31.7. The highest BCUT2D eigenvalue weighted by Crippen LogP contribution is 2.26. The Labute approximate surface area is 334 Å². The van der Waals surface area contributed by atoms with Crippen molar-refractivity contribution in [2.75, 3.05) is 5.32 Å². The van der Waals surface area contributed by atoms with Crippen LogP contribution in [0.4, 0.5) is 5.69 Å². The van der Waals surface area contributed by atoms with E-state index in [-0.39, 0.29) is 5.56 Å². The molecule has 0 radical (unpaired) electrons. The number of esters is 2. The number of anilines is 1. The maximum Gasteiger partial charge on any atom is 0.346 e. The molecule has 0 aliphatic carbocycles. The molecule has 8 nitrogen and oxygen atoms in total. The van der Waals surface area contributed by atoms with Gasteiger partial charge in [0, 0.05) is 33.7 Å². The van der Waals surface area contributed by atoms with Gasteiger partial charge in [0.05, 0.1) is 33.5 Å². The van der Waals surface area contributed by atoms with Gasteiger partial charge >= 0.3 is 11.9 Å². The van der Waals surface area contributed by atoms with E-state index in [2.05, 4.69) is 33.5 Å². The second-order valence-corrected chi connectivity index (χ2v) is 14.3. The molecule has 6 aromatic carbocycles. The van der Waals surface area contributed by atoms with Crippen molar-refractivity contribution in [1.29, 1.82) is 0 Å². The molecule has 0 atom stereocenters. The van der Waals surface area contributed by atoms with Crippen LogP contribution in [-0.2, 0) is 30.2 Å². The second-order valence-electron chi connectivity index (χ2n) is 13.3. The first-order chi connectivity index (χ1) is 28.0. The number of ether oxygens (including phenoxy) is 3. The van der Waals surface area contributed by atoms with E-state index in [1.807, 2.05) is 115 Å². The van der Waals surface area contributed by atoms with E-state index in [0.29, 0.717) is 31.1 Å². The monoisotopic (exact) mass is 767 g/mol. The summed E-state index contributed by atoms with van der Waals surface area (Å²) in [7, 11) is 0. The molecule has 0 aliphatic heterocycles. The molecule has 0 saturated carbocycles. The first-order valence-corrected chi connectivity index (χ1v) is 19.5. The molecule has 0 saturated heterocycles. The number of carbonyl (C=O) groups excluding carboxylic acids is 2. The number of nitrogens with one attached hydrogen (secondary N) is 1. The highest BCUT2D eigenvalue weighted by Gasteiger charge is 2.15. The van der Waals surface area contributed by atoms with Crippen LogP contribution in [0.2, 0.25) is 0 Å². The predicted octanol–water partition coefficient (Wildman–Crippen LogP) is 10.8. The number of pyridine rings is 2. The van der Waals surface area contributed by atoms with Crippen molar-refractivity contribution in [3.8, 4) is 11.5 Å². The molecule has 0 aliphatic rings. The number of thioether (sulfide) groups is 1. The molecule has 57 heavy (non-hydrogen) atoms. The fourth-order valence-electron chi connectivity index (χ4n) is 6.15. The van der Waals surface area contributed by atoms with Crippen molar-refractivity contribution in [2.45, 2.75) is 30.4 Å². The zero-order chi connectivity index (χ0) is 38.8. The first-order valence-electron chi connectivity index (χ1n) is 18.5. The molecule has 0 unspecified atom stereocenters. The number of para-hydroxylation sites is 2. The minimum atomic E-state index is -0.714. The maximum absolute atomic E-state index is 12.8. The lowest BCUT2D eigenvalue weighted by Crippen LogP contribution is -2.12. The summed E-state index contributed by atoms with van der Waals surface area (Å²) in [6, 6.07) is 53.8. The number of rotatable bonds is 14. The Hall–Kier alpha value is -6.97. The minimum Gasteiger partial charge on any atom is -0.487 e. The minimum absolute atomic E-state index is 0.276. The highest BCUT2D eigenvalue weighted by atomic mass is 32.2. The number of hydrogen-bond acceptors (Lipinski definition) is 9. The Kier molecular flexibility index (Phi) is 11.5. The van der Waals surface area contributed by atoms with Gasteiger partial charge in [-0.15, -0.1) is 11.8 Å². The van der Waals surface area contributed by atoms with Crippen LogP contribution < -0.4 is 14.8 Å². The van der Waals surface area contributed by atoms with E-state index in [4.69, 9.17) is 14.2 Å². The number of fused-ring (bicyclic) bond motifs is 2. The predicted molar refractivity (Wildman–Crippen MR) is 225 cm³/mol. The SMILES string of the molecule is O=C(OC(=O)c1ccc(SCc2cccc(OCc3ccc4ccccc4n3)c2)cc1)c1ccc(NCc2cccc(OCc3ccc4ccccc4n3)c2)cc1. The Balaban J connectivity index is 0.777. The Morgan fingerprint density at radius 2 is 1.05 bits per heavy atom. The van der Waals surface area contributed by atoms with E-state index < -0.39 is 11.9 Å². The summed E-state index contributed by atoms with van der Waals surface area (Å²) in [5, 5.41) is 5.56. The summed E-state index contributed by atoms with van der Waals surface area (Å²) < 4.78 is 17.3. The van der Waals surface area contributed by atoms with Crippen LogP contribution in [-0.4, -0.2) is 21.9 Å². The molecular formula is C48H37N3O5S. The van der Waals surface area contributed by atoms with Crippen molar-refractivity contribution in [2.24, 2.45) is 0 Å². The van der Waals surface area contributed by atoms with Gasteiger partial charge in [0.1, 0.15) is 24.7 Å².